The van der Waals surface area contributed by atoms with Crippen molar-refractivity contribution in [1.29, 1.82) is 0 Å². The summed E-state index contributed by atoms with van der Waals surface area (Å²) in [6, 6.07) is 65.0. The van der Waals surface area contributed by atoms with Crippen LogP contribution in [0.25, 0.3) is 0 Å². The SMILES string of the molecule is c1ccc([C@@H]2CN[C@@H](c3ccccc3)[C@H](c3ccccc3)NC3(N[C@H]2c2ccccc2)N[C@@H](c2ccccc2)[C@H](c2ccccc2)N3)cc1. The summed E-state index contributed by atoms with van der Waals surface area (Å²) in [5, 5.41) is 20.9. The summed E-state index contributed by atoms with van der Waals surface area (Å²) in [6.07, 6.45) is 0. The molecule has 2 heterocycles. The standard InChI is InChI=1S/C44H43N5/c1-7-19-32(20-8-1)38-31-45-40(34-23-11-3-12-24-34)41(35-25-13-4-14-26-35)47-44(46-39(38)33-21-9-2-10-22-33)48-42(36-27-15-5-16-28-36)43(49-44)37-29-17-6-18-30-37/h1-30,38-43,45-49H,31H2/t38-,39-,40-,41-,42-,43-/m0/s1. The maximum Gasteiger partial charge on any atom is 0.183 e. The number of nitrogens with one attached hydrogen (secondary N) is 5. The van der Waals surface area contributed by atoms with Crippen molar-refractivity contribution < 1.29 is 0 Å². The van der Waals surface area contributed by atoms with Crippen LogP contribution in [0.2, 0.25) is 0 Å². The van der Waals surface area contributed by atoms with Crippen LogP contribution in [0.3, 0.4) is 0 Å². The van der Waals surface area contributed by atoms with Crippen LogP contribution < -0.4 is 26.6 Å². The molecule has 0 bridgehead atoms. The summed E-state index contributed by atoms with van der Waals surface area (Å²) in [4.78, 5) is 0. The molecule has 2 saturated heterocycles. The van der Waals surface area contributed by atoms with Gasteiger partial charge in [0.15, 0.2) is 5.91 Å². The van der Waals surface area contributed by atoms with Crippen molar-refractivity contribution in [2.24, 2.45) is 0 Å². The Morgan fingerprint density at radius 3 is 0.939 bits per heavy atom. The van der Waals surface area contributed by atoms with E-state index in [0.717, 1.165) is 6.54 Å². The van der Waals surface area contributed by atoms with Gasteiger partial charge in [0, 0.05) is 18.5 Å². The van der Waals surface area contributed by atoms with E-state index in [1.807, 2.05) is 0 Å². The molecule has 0 aromatic heterocycles. The van der Waals surface area contributed by atoms with Crippen LogP contribution >= 0.6 is 0 Å². The second-order valence-corrected chi connectivity index (χ2v) is 13.2. The van der Waals surface area contributed by atoms with E-state index in [4.69, 9.17) is 0 Å². The van der Waals surface area contributed by atoms with Crippen molar-refractivity contribution in [3.05, 3.63) is 215 Å². The minimum Gasteiger partial charge on any atom is -0.308 e. The molecule has 6 aromatic rings. The zero-order valence-corrected chi connectivity index (χ0v) is 27.5. The van der Waals surface area contributed by atoms with Gasteiger partial charge in [-0.05, 0) is 33.4 Å². The predicted octanol–water partition coefficient (Wildman–Crippen LogP) is 8.06. The highest BCUT2D eigenvalue weighted by Gasteiger charge is 2.50. The minimum absolute atomic E-state index is 0.0180. The van der Waals surface area contributed by atoms with E-state index in [-0.39, 0.29) is 36.1 Å². The van der Waals surface area contributed by atoms with Gasteiger partial charge in [0.1, 0.15) is 0 Å². The van der Waals surface area contributed by atoms with Crippen LogP contribution in [0, 0.1) is 0 Å². The Morgan fingerprint density at radius 2 is 0.571 bits per heavy atom. The summed E-state index contributed by atoms with van der Waals surface area (Å²) in [6.45, 7) is 0.765. The van der Waals surface area contributed by atoms with Gasteiger partial charge in [-0.15, -0.1) is 0 Å². The van der Waals surface area contributed by atoms with E-state index in [2.05, 4.69) is 209 Å². The quantitative estimate of drug-likeness (QED) is 0.127. The molecule has 5 heteroatoms. The van der Waals surface area contributed by atoms with E-state index in [9.17, 15) is 0 Å². The van der Waals surface area contributed by atoms with Crippen LogP contribution in [-0.4, -0.2) is 12.5 Å². The third-order valence-corrected chi connectivity index (χ3v) is 10.1. The lowest BCUT2D eigenvalue weighted by Crippen LogP contribution is -2.71. The molecule has 2 fully saturated rings. The molecule has 5 nitrogen and oxygen atoms in total. The van der Waals surface area contributed by atoms with Gasteiger partial charge in [0.2, 0.25) is 0 Å². The van der Waals surface area contributed by atoms with Gasteiger partial charge in [-0.25, -0.2) is 0 Å². The lowest BCUT2D eigenvalue weighted by Gasteiger charge is -2.41. The van der Waals surface area contributed by atoms with E-state index in [1.54, 1.807) is 0 Å². The Balaban J connectivity index is 1.33. The maximum absolute atomic E-state index is 4.23. The first-order chi connectivity index (χ1) is 24.3. The summed E-state index contributed by atoms with van der Waals surface area (Å²) >= 11 is 0. The molecule has 1 spiro atoms. The molecule has 0 aliphatic carbocycles. The fourth-order valence-corrected chi connectivity index (χ4v) is 7.79. The molecule has 8 rings (SSSR count). The number of benzene rings is 6. The lowest BCUT2D eigenvalue weighted by molar-refractivity contribution is 0.135. The molecule has 49 heavy (non-hydrogen) atoms. The number of hydrogen-bond acceptors (Lipinski definition) is 5. The van der Waals surface area contributed by atoms with Gasteiger partial charge < -0.3 is 5.32 Å². The summed E-state index contributed by atoms with van der Waals surface area (Å²) in [5.74, 6) is -0.772. The first-order valence-corrected chi connectivity index (χ1v) is 17.4. The number of rotatable bonds is 6. The smallest absolute Gasteiger partial charge is 0.183 e. The van der Waals surface area contributed by atoms with Gasteiger partial charge in [-0.2, -0.15) is 0 Å². The molecule has 5 N–H and O–H groups in total. The zero-order valence-electron chi connectivity index (χ0n) is 27.5. The molecule has 0 saturated carbocycles. The van der Waals surface area contributed by atoms with E-state index >= 15 is 0 Å². The van der Waals surface area contributed by atoms with Crippen molar-refractivity contribution in [3.8, 4) is 0 Å². The monoisotopic (exact) mass is 641 g/mol. The molecule has 0 unspecified atom stereocenters. The molecule has 2 aliphatic heterocycles. The second-order valence-electron chi connectivity index (χ2n) is 13.2. The molecule has 0 amide bonds. The molecule has 6 atom stereocenters. The van der Waals surface area contributed by atoms with Crippen molar-refractivity contribution in [2.75, 3.05) is 6.54 Å². The fourth-order valence-electron chi connectivity index (χ4n) is 7.79. The fraction of sp³-hybridized carbons (Fsp3) is 0.182. The average molecular weight is 642 g/mol. The van der Waals surface area contributed by atoms with Gasteiger partial charge in [0.25, 0.3) is 0 Å². The molecule has 0 radical (unpaired) electrons. The highest BCUT2D eigenvalue weighted by molar-refractivity contribution is 5.35. The molecular weight excluding hydrogens is 599 g/mol. The van der Waals surface area contributed by atoms with Crippen molar-refractivity contribution >= 4 is 0 Å². The first kappa shape index (κ1) is 31.4. The van der Waals surface area contributed by atoms with Crippen LogP contribution in [0.4, 0.5) is 0 Å². The van der Waals surface area contributed by atoms with E-state index in [0.29, 0.717) is 0 Å². The van der Waals surface area contributed by atoms with Crippen molar-refractivity contribution in [1.82, 2.24) is 26.6 Å². The van der Waals surface area contributed by atoms with Gasteiger partial charge in [-0.3, -0.25) is 21.3 Å². The topological polar surface area (TPSA) is 60.1 Å². The number of hydrogen-bond donors (Lipinski definition) is 5. The second kappa shape index (κ2) is 14.3. The summed E-state index contributed by atoms with van der Waals surface area (Å²) < 4.78 is 0. The minimum atomic E-state index is -0.881. The Bertz CT molecular complexity index is 1750. The Morgan fingerprint density at radius 1 is 0.306 bits per heavy atom. The van der Waals surface area contributed by atoms with Gasteiger partial charge in [-0.1, -0.05) is 182 Å². The first-order valence-electron chi connectivity index (χ1n) is 17.4. The van der Waals surface area contributed by atoms with Crippen LogP contribution in [0.15, 0.2) is 182 Å². The summed E-state index contributed by atoms with van der Waals surface area (Å²) in [7, 11) is 0. The van der Waals surface area contributed by atoms with Crippen LogP contribution in [0.1, 0.15) is 69.5 Å². The van der Waals surface area contributed by atoms with Gasteiger partial charge in [0.05, 0.1) is 24.2 Å². The lowest BCUT2D eigenvalue weighted by atomic mass is 9.86. The predicted molar refractivity (Wildman–Crippen MR) is 198 cm³/mol. The highest BCUT2D eigenvalue weighted by Crippen LogP contribution is 2.42. The summed E-state index contributed by atoms with van der Waals surface area (Å²) in [5.41, 5.74) is 7.43. The normalized spacial score (nSPS) is 25.2. The molecule has 244 valence electrons. The maximum atomic E-state index is 4.23. The van der Waals surface area contributed by atoms with Crippen LogP contribution in [0.5, 0.6) is 0 Å². The Labute approximate surface area is 289 Å². The third kappa shape index (κ3) is 6.73. The molecule has 6 aromatic carbocycles. The molecule has 2 aliphatic rings. The Kier molecular flexibility index (Phi) is 9.17. The van der Waals surface area contributed by atoms with Crippen molar-refractivity contribution in [2.45, 2.75) is 42.0 Å². The van der Waals surface area contributed by atoms with E-state index in [1.165, 1.54) is 33.4 Å². The Hall–Kier alpha value is -4.88. The highest BCUT2D eigenvalue weighted by atomic mass is 15.6. The third-order valence-electron chi connectivity index (χ3n) is 10.1. The van der Waals surface area contributed by atoms with Crippen molar-refractivity contribution in [3.63, 3.8) is 0 Å². The van der Waals surface area contributed by atoms with E-state index < -0.39 is 5.91 Å². The largest absolute Gasteiger partial charge is 0.308 e. The average Bonchev–Trinajstić information content (AvgIpc) is 3.59. The zero-order chi connectivity index (χ0) is 32.9. The van der Waals surface area contributed by atoms with Crippen LogP contribution in [-0.2, 0) is 0 Å². The van der Waals surface area contributed by atoms with Gasteiger partial charge >= 0.3 is 0 Å². The molecular formula is C44H43N5.